The van der Waals surface area contributed by atoms with Gasteiger partial charge in [-0.3, -0.25) is 4.99 Å². The monoisotopic (exact) mass is 169 g/mol. The molecule has 0 aromatic rings. The van der Waals surface area contributed by atoms with Gasteiger partial charge in [0.2, 0.25) is 5.60 Å². The van der Waals surface area contributed by atoms with E-state index in [-0.39, 0.29) is 6.54 Å². The van der Waals surface area contributed by atoms with Crippen LogP contribution < -0.4 is 0 Å². The van der Waals surface area contributed by atoms with Crippen LogP contribution in [0.15, 0.2) is 17.1 Å². The highest BCUT2D eigenvalue weighted by atomic mass is 16.6. The molecule has 1 aliphatic rings. The second kappa shape index (κ2) is 3.49. The van der Waals surface area contributed by atoms with Gasteiger partial charge in [-0.2, -0.15) is 0 Å². The number of esters is 1. The highest BCUT2D eigenvalue weighted by Gasteiger charge is 2.37. The Morgan fingerprint density at radius 2 is 2.33 bits per heavy atom. The predicted molar refractivity (Wildman–Crippen MR) is 44.3 cm³/mol. The number of rotatable bonds is 2. The minimum Gasteiger partial charge on any atom is -0.467 e. The van der Waals surface area contributed by atoms with Crippen LogP contribution in [0.5, 0.6) is 0 Å². The van der Waals surface area contributed by atoms with Gasteiger partial charge in [0.15, 0.2) is 0 Å². The number of methoxy groups -OCH3 is 2. The predicted octanol–water partition coefficient (Wildman–Crippen LogP) is 0.185. The molecule has 0 amide bonds. The van der Waals surface area contributed by atoms with Crippen molar-refractivity contribution in [3.05, 3.63) is 12.2 Å². The highest BCUT2D eigenvalue weighted by molar-refractivity contribution is 5.86. The van der Waals surface area contributed by atoms with Crippen molar-refractivity contribution in [1.29, 1.82) is 0 Å². The quantitative estimate of drug-likeness (QED) is 0.554. The SMILES string of the molecule is COC(=O)C1(OC)C=CC=NC1. The third-order valence-corrected chi connectivity index (χ3v) is 1.78. The molecule has 0 aromatic carbocycles. The fourth-order valence-electron chi connectivity index (χ4n) is 1.02. The molecule has 1 rings (SSSR count). The van der Waals surface area contributed by atoms with E-state index in [4.69, 9.17) is 4.74 Å². The van der Waals surface area contributed by atoms with Crippen LogP contribution in [-0.4, -0.2) is 38.5 Å². The van der Waals surface area contributed by atoms with Gasteiger partial charge in [-0.05, 0) is 12.2 Å². The van der Waals surface area contributed by atoms with Gasteiger partial charge in [0.05, 0.1) is 13.7 Å². The van der Waals surface area contributed by atoms with Crippen LogP contribution in [0.1, 0.15) is 0 Å². The van der Waals surface area contributed by atoms with Crippen molar-refractivity contribution in [3.63, 3.8) is 0 Å². The Bertz CT molecular complexity index is 234. The Kier molecular flexibility index (Phi) is 2.60. The molecule has 0 radical (unpaired) electrons. The molecular formula is C8H11NO3. The van der Waals surface area contributed by atoms with Crippen molar-refractivity contribution in [3.8, 4) is 0 Å². The Morgan fingerprint density at radius 3 is 2.75 bits per heavy atom. The van der Waals surface area contributed by atoms with Crippen molar-refractivity contribution in [2.24, 2.45) is 4.99 Å². The number of hydrogen-bond donors (Lipinski definition) is 0. The van der Waals surface area contributed by atoms with Crippen molar-refractivity contribution >= 4 is 12.2 Å². The van der Waals surface area contributed by atoms with E-state index in [2.05, 4.69) is 9.73 Å². The highest BCUT2D eigenvalue weighted by Crippen LogP contribution is 2.16. The average molecular weight is 169 g/mol. The summed E-state index contributed by atoms with van der Waals surface area (Å²) in [6.45, 7) is 0.284. The molecule has 0 spiro atoms. The molecule has 1 heterocycles. The summed E-state index contributed by atoms with van der Waals surface area (Å²) in [4.78, 5) is 15.2. The van der Waals surface area contributed by atoms with Gasteiger partial charge in [0, 0.05) is 13.3 Å². The topological polar surface area (TPSA) is 47.9 Å². The standard InChI is InChI=1S/C8H11NO3/c1-11-7(10)8(12-2)4-3-5-9-6-8/h3-5H,6H2,1-2H3. The molecule has 4 nitrogen and oxygen atoms in total. The van der Waals surface area contributed by atoms with E-state index in [9.17, 15) is 4.79 Å². The second-order valence-electron chi connectivity index (χ2n) is 2.43. The minimum atomic E-state index is -1.01. The van der Waals surface area contributed by atoms with E-state index in [1.165, 1.54) is 14.2 Å². The number of carbonyl (C=O) groups excluding carboxylic acids is 1. The molecule has 0 saturated carbocycles. The number of dihydropyridines is 1. The Balaban J connectivity index is 2.83. The third kappa shape index (κ3) is 1.38. The van der Waals surface area contributed by atoms with Crippen molar-refractivity contribution in [2.75, 3.05) is 20.8 Å². The zero-order valence-corrected chi connectivity index (χ0v) is 7.11. The van der Waals surface area contributed by atoms with Gasteiger partial charge in [-0.1, -0.05) is 0 Å². The molecule has 0 fully saturated rings. The third-order valence-electron chi connectivity index (χ3n) is 1.78. The zero-order valence-electron chi connectivity index (χ0n) is 7.11. The molecule has 4 heteroatoms. The summed E-state index contributed by atoms with van der Waals surface area (Å²) >= 11 is 0. The molecule has 66 valence electrons. The van der Waals surface area contributed by atoms with E-state index in [0.717, 1.165) is 0 Å². The summed E-state index contributed by atoms with van der Waals surface area (Å²) in [7, 11) is 2.79. The van der Waals surface area contributed by atoms with Crippen molar-refractivity contribution in [1.82, 2.24) is 0 Å². The first kappa shape index (κ1) is 8.93. The number of carbonyl (C=O) groups is 1. The molecule has 0 aromatic heterocycles. The summed E-state index contributed by atoms with van der Waals surface area (Å²) in [5.41, 5.74) is -1.01. The molecular weight excluding hydrogens is 158 g/mol. The number of aliphatic imine (C=N–C) groups is 1. The van der Waals surface area contributed by atoms with E-state index in [0.29, 0.717) is 0 Å². The van der Waals surface area contributed by atoms with E-state index in [1.54, 1.807) is 18.4 Å². The van der Waals surface area contributed by atoms with Crippen LogP contribution in [0.3, 0.4) is 0 Å². The maximum atomic E-state index is 11.2. The molecule has 1 unspecified atom stereocenters. The van der Waals surface area contributed by atoms with Crippen molar-refractivity contribution in [2.45, 2.75) is 5.60 Å². The van der Waals surface area contributed by atoms with Crippen molar-refractivity contribution < 1.29 is 14.3 Å². The normalized spacial score (nSPS) is 27.2. The number of ether oxygens (including phenoxy) is 2. The fraction of sp³-hybridized carbons (Fsp3) is 0.500. The van der Waals surface area contributed by atoms with E-state index >= 15 is 0 Å². The van der Waals surface area contributed by atoms with Crippen LogP contribution in [0.2, 0.25) is 0 Å². The minimum absolute atomic E-state index is 0.284. The maximum Gasteiger partial charge on any atom is 0.344 e. The lowest BCUT2D eigenvalue weighted by Crippen LogP contribution is -2.43. The van der Waals surface area contributed by atoms with Crippen LogP contribution in [0, 0.1) is 0 Å². The van der Waals surface area contributed by atoms with Crippen LogP contribution >= 0.6 is 0 Å². The largest absolute Gasteiger partial charge is 0.467 e. The van der Waals surface area contributed by atoms with Gasteiger partial charge in [0.25, 0.3) is 0 Å². The summed E-state index contributed by atoms with van der Waals surface area (Å²) < 4.78 is 9.65. The lowest BCUT2D eigenvalue weighted by atomic mass is 10.0. The number of allylic oxidation sites excluding steroid dienone is 1. The van der Waals surface area contributed by atoms with Gasteiger partial charge in [-0.25, -0.2) is 4.79 Å². The summed E-state index contributed by atoms with van der Waals surface area (Å²) in [6.07, 6.45) is 4.94. The summed E-state index contributed by atoms with van der Waals surface area (Å²) in [5.74, 6) is -0.418. The number of hydrogen-bond acceptors (Lipinski definition) is 4. The Morgan fingerprint density at radius 1 is 1.58 bits per heavy atom. The Hall–Kier alpha value is -1.16. The van der Waals surface area contributed by atoms with Gasteiger partial charge in [0.1, 0.15) is 0 Å². The molecule has 0 aliphatic carbocycles. The molecule has 0 bridgehead atoms. The first-order valence-electron chi connectivity index (χ1n) is 3.56. The van der Waals surface area contributed by atoms with Gasteiger partial charge in [-0.15, -0.1) is 0 Å². The first-order valence-corrected chi connectivity index (χ1v) is 3.56. The molecule has 1 atom stereocenters. The summed E-state index contributed by atoms with van der Waals surface area (Å²) in [6, 6.07) is 0. The van der Waals surface area contributed by atoms with E-state index < -0.39 is 11.6 Å². The molecule has 0 saturated heterocycles. The number of nitrogens with zero attached hydrogens (tertiary/aromatic N) is 1. The first-order chi connectivity index (χ1) is 5.75. The summed E-state index contributed by atoms with van der Waals surface area (Å²) in [5, 5.41) is 0. The fourth-order valence-corrected chi connectivity index (χ4v) is 1.02. The van der Waals surface area contributed by atoms with Crippen LogP contribution in [0.4, 0.5) is 0 Å². The molecule has 0 N–H and O–H groups in total. The zero-order chi connectivity index (χ0) is 9.03. The van der Waals surface area contributed by atoms with Crippen LogP contribution in [0.25, 0.3) is 0 Å². The lowest BCUT2D eigenvalue weighted by molar-refractivity contribution is -0.159. The van der Waals surface area contributed by atoms with Gasteiger partial charge >= 0.3 is 5.97 Å². The smallest absolute Gasteiger partial charge is 0.344 e. The average Bonchev–Trinajstić information content (AvgIpc) is 2.17. The molecule has 1 aliphatic heterocycles. The van der Waals surface area contributed by atoms with E-state index in [1.807, 2.05) is 0 Å². The Labute approximate surface area is 70.9 Å². The maximum absolute atomic E-state index is 11.2. The second-order valence-corrected chi connectivity index (χ2v) is 2.43. The molecule has 12 heavy (non-hydrogen) atoms. The van der Waals surface area contributed by atoms with Crippen LogP contribution in [-0.2, 0) is 14.3 Å². The van der Waals surface area contributed by atoms with Gasteiger partial charge < -0.3 is 9.47 Å². The lowest BCUT2D eigenvalue weighted by Gasteiger charge is -2.25.